The Morgan fingerprint density at radius 3 is 2.38 bits per heavy atom. The van der Waals surface area contributed by atoms with Crippen molar-refractivity contribution in [2.24, 2.45) is 5.92 Å². The van der Waals surface area contributed by atoms with Crippen LogP contribution in [0.25, 0.3) is 11.2 Å². The number of H-pyrrole nitrogens is 1. The third-order valence-corrected chi connectivity index (χ3v) is 6.06. The number of anilines is 1. The van der Waals surface area contributed by atoms with Crippen molar-refractivity contribution in [2.45, 2.75) is 68.3 Å². The highest BCUT2D eigenvalue weighted by Crippen LogP contribution is 2.32. The molecule has 0 saturated heterocycles. The molecule has 1 atom stereocenters. The van der Waals surface area contributed by atoms with Gasteiger partial charge in [0.2, 0.25) is 0 Å². The summed E-state index contributed by atoms with van der Waals surface area (Å²) in [6.45, 7) is 0. The number of nitrogens with two attached hydrogens (primary N) is 1. The van der Waals surface area contributed by atoms with Crippen LogP contribution in [-0.4, -0.2) is 24.5 Å². The number of hydrogen-bond donors (Lipinski definition) is 2. The van der Waals surface area contributed by atoms with Crippen molar-refractivity contribution >= 4 is 39.6 Å². The van der Waals surface area contributed by atoms with Gasteiger partial charge in [0.25, 0.3) is 0 Å². The predicted octanol–water partition coefficient (Wildman–Crippen LogP) is 4.61. The summed E-state index contributed by atoms with van der Waals surface area (Å²) >= 11 is 2.43. The maximum absolute atomic E-state index is 6.25. The molecule has 24 heavy (non-hydrogen) atoms. The molecular formula is C17H26IN5O. The van der Waals surface area contributed by atoms with E-state index in [0.717, 1.165) is 0 Å². The maximum Gasteiger partial charge on any atom is 0.181 e. The fourth-order valence-electron chi connectivity index (χ4n) is 3.42. The molecule has 0 bridgehead atoms. The van der Waals surface area contributed by atoms with Gasteiger partial charge in [0.1, 0.15) is 5.82 Å². The minimum Gasteiger partial charge on any atom is -0.477 e. The van der Waals surface area contributed by atoms with E-state index in [0.29, 0.717) is 28.6 Å². The van der Waals surface area contributed by atoms with Crippen molar-refractivity contribution < 1.29 is 4.74 Å². The van der Waals surface area contributed by atoms with E-state index in [-0.39, 0.29) is 4.11 Å². The lowest BCUT2D eigenvalue weighted by Crippen LogP contribution is -2.21. The summed E-state index contributed by atoms with van der Waals surface area (Å²) in [6.07, 6.45) is 13.3. The zero-order valence-corrected chi connectivity index (χ0v) is 16.2. The average molecular weight is 443 g/mol. The standard InChI is InChI=1S/C17H26IN5O/c18-16(12-9-7-5-3-1-2-4-6-8-10-12)24-13-11-14(19)20-17-15(13)21-23-22-17/h11-12,16H,1-10H2,(H3,19,20,21,22,23). The van der Waals surface area contributed by atoms with Gasteiger partial charge in [-0.15, -0.1) is 5.10 Å². The van der Waals surface area contributed by atoms with Crippen molar-refractivity contribution in [3.8, 4) is 5.75 Å². The van der Waals surface area contributed by atoms with Gasteiger partial charge in [-0.1, -0.05) is 56.6 Å². The van der Waals surface area contributed by atoms with E-state index in [1.54, 1.807) is 6.07 Å². The van der Waals surface area contributed by atoms with Crippen LogP contribution in [0.4, 0.5) is 5.82 Å². The summed E-state index contributed by atoms with van der Waals surface area (Å²) in [5.41, 5.74) is 7.10. The lowest BCUT2D eigenvalue weighted by atomic mass is 9.96. The number of alkyl halides is 1. The SMILES string of the molecule is Nc1cc(OC(I)C2CCCCCCCCCC2)c2nn[nH]c2n1. The molecule has 1 aliphatic carbocycles. The summed E-state index contributed by atoms with van der Waals surface area (Å²) in [6, 6.07) is 1.75. The predicted molar refractivity (Wildman–Crippen MR) is 104 cm³/mol. The number of fused-ring (bicyclic) bond motifs is 1. The first-order valence-corrected chi connectivity index (χ1v) is 10.3. The largest absolute Gasteiger partial charge is 0.477 e. The minimum atomic E-state index is 0.116. The summed E-state index contributed by atoms with van der Waals surface area (Å²) in [5, 5.41) is 10.6. The van der Waals surface area contributed by atoms with E-state index in [1.165, 1.54) is 64.2 Å². The Labute approximate surface area is 156 Å². The van der Waals surface area contributed by atoms with Crippen LogP contribution < -0.4 is 10.5 Å². The van der Waals surface area contributed by atoms with Gasteiger partial charge >= 0.3 is 0 Å². The van der Waals surface area contributed by atoms with Crippen LogP contribution in [0.3, 0.4) is 0 Å². The summed E-state index contributed by atoms with van der Waals surface area (Å²) in [4.78, 5) is 4.19. The number of aromatic nitrogens is 4. The van der Waals surface area contributed by atoms with E-state index in [1.807, 2.05) is 0 Å². The molecule has 2 aromatic rings. The van der Waals surface area contributed by atoms with Crippen LogP contribution in [0.15, 0.2) is 6.07 Å². The Bertz CT molecular complexity index is 635. The van der Waals surface area contributed by atoms with Gasteiger partial charge in [-0.25, -0.2) is 10.1 Å². The van der Waals surface area contributed by atoms with Crippen molar-refractivity contribution in [3.63, 3.8) is 0 Å². The lowest BCUT2D eigenvalue weighted by Gasteiger charge is -2.23. The highest BCUT2D eigenvalue weighted by atomic mass is 127. The van der Waals surface area contributed by atoms with Gasteiger partial charge < -0.3 is 10.5 Å². The number of nitrogens with one attached hydrogen (secondary N) is 1. The second-order valence-electron chi connectivity index (χ2n) is 6.69. The normalized spacial score (nSPS) is 19.7. The fraction of sp³-hybridized carbons (Fsp3) is 0.706. The molecule has 2 heterocycles. The van der Waals surface area contributed by atoms with Crippen LogP contribution in [-0.2, 0) is 0 Å². The van der Waals surface area contributed by atoms with Crippen molar-refractivity contribution in [2.75, 3.05) is 5.73 Å². The van der Waals surface area contributed by atoms with Gasteiger partial charge in [-0.2, -0.15) is 0 Å². The zero-order valence-electron chi connectivity index (χ0n) is 14.0. The average Bonchev–Trinajstić information content (AvgIpc) is 2.99. The molecule has 1 fully saturated rings. The van der Waals surface area contributed by atoms with Crippen LogP contribution in [0, 0.1) is 5.92 Å². The molecule has 0 aromatic carbocycles. The molecule has 2 aromatic heterocycles. The van der Waals surface area contributed by atoms with E-state index >= 15 is 0 Å². The number of rotatable bonds is 3. The highest BCUT2D eigenvalue weighted by molar-refractivity contribution is 14.1. The van der Waals surface area contributed by atoms with Crippen molar-refractivity contribution in [3.05, 3.63) is 6.07 Å². The Morgan fingerprint density at radius 1 is 1.08 bits per heavy atom. The smallest absolute Gasteiger partial charge is 0.181 e. The van der Waals surface area contributed by atoms with E-state index in [4.69, 9.17) is 10.5 Å². The summed E-state index contributed by atoms with van der Waals surface area (Å²) in [7, 11) is 0. The molecule has 0 aliphatic heterocycles. The van der Waals surface area contributed by atoms with Gasteiger partial charge in [-0.3, -0.25) is 0 Å². The number of aromatic amines is 1. The number of nitrogens with zero attached hydrogens (tertiary/aromatic N) is 3. The molecule has 132 valence electrons. The molecule has 7 heteroatoms. The third kappa shape index (κ3) is 4.70. The quantitative estimate of drug-likeness (QED) is 0.535. The van der Waals surface area contributed by atoms with E-state index < -0.39 is 0 Å². The van der Waals surface area contributed by atoms with Crippen LogP contribution in [0.1, 0.15) is 64.2 Å². The monoisotopic (exact) mass is 443 g/mol. The Hall–Kier alpha value is -1.12. The number of hydrogen-bond acceptors (Lipinski definition) is 5. The molecule has 1 aliphatic rings. The fourth-order valence-corrected chi connectivity index (χ4v) is 4.41. The Balaban J connectivity index is 1.68. The first-order chi connectivity index (χ1) is 11.7. The van der Waals surface area contributed by atoms with Gasteiger partial charge in [0.05, 0.1) is 0 Å². The van der Waals surface area contributed by atoms with Crippen LogP contribution >= 0.6 is 22.6 Å². The van der Waals surface area contributed by atoms with E-state index in [2.05, 4.69) is 43.0 Å². The minimum absolute atomic E-state index is 0.116. The summed E-state index contributed by atoms with van der Waals surface area (Å²) < 4.78 is 6.37. The second kappa shape index (κ2) is 8.82. The molecule has 3 rings (SSSR count). The molecule has 1 unspecified atom stereocenters. The molecule has 0 amide bonds. The molecule has 1 saturated carbocycles. The topological polar surface area (TPSA) is 89.7 Å². The van der Waals surface area contributed by atoms with Gasteiger partial charge in [0.15, 0.2) is 21.0 Å². The maximum atomic E-state index is 6.25. The number of pyridine rings is 1. The summed E-state index contributed by atoms with van der Waals surface area (Å²) in [5.74, 6) is 1.68. The second-order valence-corrected chi connectivity index (χ2v) is 7.92. The van der Waals surface area contributed by atoms with Crippen molar-refractivity contribution in [1.29, 1.82) is 0 Å². The Kier molecular flexibility index (Phi) is 6.51. The number of halogens is 1. The molecule has 3 N–H and O–H groups in total. The number of ether oxygens (including phenoxy) is 1. The molecule has 0 radical (unpaired) electrons. The first-order valence-electron chi connectivity index (χ1n) is 9.02. The van der Waals surface area contributed by atoms with E-state index in [9.17, 15) is 0 Å². The van der Waals surface area contributed by atoms with Gasteiger partial charge in [-0.05, 0) is 35.4 Å². The number of nitrogen functional groups attached to an aromatic ring is 1. The van der Waals surface area contributed by atoms with Crippen molar-refractivity contribution in [1.82, 2.24) is 20.4 Å². The third-order valence-electron chi connectivity index (χ3n) is 4.79. The lowest BCUT2D eigenvalue weighted by molar-refractivity contribution is 0.209. The van der Waals surface area contributed by atoms with Crippen LogP contribution in [0.5, 0.6) is 5.75 Å². The Morgan fingerprint density at radius 2 is 1.71 bits per heavy atom. The molecular weight excluding hydrogens is 417 g/mol. The first kappa shape index (κ1) is 17.7. The van der Waals surface area contributed by atoms with Gasteiger partial charge in [0, 0.05) is 12.0 Å². The van der Waals surface area contributed by atoms with Crippen LogP contribution in [0.2, 0.25) is 0 Å². The molecule has 6 nitrogen and oxygen atoms in total. The zero-order chi connectivity index (χ0) is 16.8. The highest BCUT2D eigenvalue weighted by Gasteiger charge is 2.22. The molecule has 0 spiro atoms.